The largest absolute Gasteiger partial charge is 0.358 e. The van der Waals surface area contributed by atoms with Crippen molar-refractivity contribution in [2.45, 2.75) is 87.3 Å². The average molecular weight is 447 g/mol. The fourth-order valence-corrected chi connectivity index (χ4v) is 5.69. The van der Waals surface area contributed by atoms with Gasteiger partial charge in [0.25, 0.3) is 0 Å². The van der Waals surface area contributed by atoms with E-state index in [2.05, 4.69) is 96.1 Å². The van der Waals surface area contributed by atoms with Crippen molar-refractivity contribution in [2.75, 3.05) is 16.5 Å². The van der Waals surface area contributed by atoms with Crippen LogP contribution in [-0.4, -0.2) is 12.8 Å². The van der Waals surface area contributed by atoms with Crippen molar-refractivity contribution in [3.05, 3.63) is 64.3 Å². The molecule has 2 radical (unpaired) electrons. The van der Waals surface area contributed by atoms with Crippen LogP contribution >= 0.6 is 0 Å². The van der Waals surface area contributed by atoms with E-state index in [4.69, 9.17) is 4.74 Å². The normalized spacial score (nSPS) is 22.9. The summed E-state index contributed by atoms with van der Waals surface area (Å²) in [7, 11) is 0. The van der Waals surface area contributed by atoms with E-state index in [0.29, 0.717) is 18.8 Å². The summed E-state index contributed by atoms with van der Waals surface area (Å²) in [6.45, 7) is 23.4. The molecule has 1 saturated carbocycles. The Hall–Kier alpha value is -2.00. The van der Waals surface area contributed by atoms with E-state index >= 15 is 0 Å². The molecular weight excluding hydrogens is 404 g/mol. The summed E-state index contributed by atoms with van der Waals surface area (Å²) in [5.41, 5.74) is 10.9. The smallest absolute Gasteiger partial charge is 0.211 e. The van der Waals surface area contributed by atoms with Gasteiger partial charge < -0.3 is 14.5 Å². The van der Waals surface area contributed by atoms with Crippen LogP contribution in [0.4, 0.5) is 11.4 Å². The van der Waals surface area contributed by atoms with E-state index in [1.165, 1.54) is 64.0 Å². The van der Waals surface area contributed by atoms with E-state index < -0.39 is 0 Å². The van der Waals surface area contributed by atoms with Crippen molar-refractivity contribution in [2.24, 2.45) is 17.8 Å². The Morgan fingerprint density at radius 3 is 2.06 bits per heavy atom. The zero-order chi connectivity index (χ0) is 23.9. The molecule has 0 aromatic heterocycles. The first-order valence-corrected chi connectivity index (χ1v) is 12.8. The van der Waals surface area contributed by atoms with Gasteiger partial charge in [-0.15, -0.1) is 0 Å². The van der Waals surface area contributed by atoms with Crippen LogP contribution in [0.2, 0.25) is 0 Å². The molecule has 0 bridgehead atoms. The van der Waals surface area contributed by atoms with Crippen LogP contribution in [0.15, 0.2) is 24.3 Å². The summed E-state index contributed by atoms with van der Waals surface area (Å²) >= 11 is 0. The lowest BCUT2D eigenvalue weighted by Crippen LogP contribution is -2.36. The lowest BCUT2D eigenvalue weighted by Gasteiger charge is -2.37. The van der Waals surface area contributed by atoms with Gasteiger partial charge in [-0.3, -0.25) is 0 Å². The number of benzene rings is 2. The second-order valence-electron chi connectivity index (χ2n) is 10.8. The maximum atomic E-state index is 6.55. The lowest BCUT2D eigenvalue weighted by molar-refractivity contribution is -0.0250. The van der Waals surface area contributed by atoms with Crippen molar-refractivity contribution in [1.82, 2.24) is 0 Å². The monoisotopic (exact) mass is 446 g/mol. The predicted octanol–water partition coefficient (Wildman–Crippen LogP) is 7.49. The van der Waals surface area contributed by atoms with Crippen LogP contribution in [0.1, 0.15) is 73.4 Å². The molecule has 2 aromatic carbocycles. The molecule has 4 rings (SSSR count). The maximum Gasteiger partial charge on any atom is 0.211 e. The standard InChI is InChI=1S/C30H42N2O/c1-19(2)26-14-13-20(3)30(15-26)33-18-32-17-31(28-11-9-10-12-29(28)32)16-27-24(7)22(5)21(4)23(6)25(27)8/h9-12,19-20,26,30H,13-16,18H2,1-8H3/t20-,26+,30-/m0/s1. The van der Waals surface area contributed by atoms with Crippen molar-refractivity contribution in [3.8, 4) is 0 Å². The molecule has 33 heavy (non-hydrogen) atoms. The Balaban J connectivity index is 1.51. The van der Waals surface area contributed by atoms with Gasteiger partial charge in [0.2, 0.25) is 6.67 Å². The highest BCUT2D eigenvalue weighted by Crippen LogP contribution is 2.41. The molecule has 1 aliphatic heterocycles. The maximum absolute atomic E-state index is 6.55. The summed E-state index contributed by atoms with van der Waals surface area (Å²) in [5.74, 6) is 2.14. The lowest BCUT2D eigenvalue weighted by atomic mass is 9.76. The molecule has 0 unspecified atom stereocenters. The first kappa shape index (κ1) is 24.1. The Labute approximate surface area is 202 Å². The van der Waals surface area contributed by atoms with Crippen molar-refractivity contribution in [1.29, 1.82) is 0 Å². The van der Waals surface area contributed by atoms with Crippen LogP contribution in [0.3, 0.4) is 0 Å². The number of fused-ring (bicyclic) bond motifs is 1. The third-order valence-corrected chi connectivity index (χ3v) is 8.70. The van der Waals surface area contributed by atoms with Crippen molar-refractivity contribution >= 4 is 11.4 Å². The Bertz CT molecular complexity index is 966. The molecule has 178 valence electrons. The van der Waals surface area contributed by atoms with Gasteiger partial charge in [-0.25, -0.2) is 0 Å². The summed E-state index contributed by atoms with van der Waals surface area (Å²) < 4.78 is 6.55. The number of para-hydroxylation sites is 2. The SMILES string of the molecule is Cc1c(C)c(C)c(CN2[C]N(CO[C@H]3C[C@H](C(C)C)CC[C@@H]3C)c3ccccc32)c(C)c1C. The fourth-order valence-electron chi connectivity index (χ4n) is 5.69. The van der Waals surface area contributed by atoms with E-state index in [1.807, 2.05) is 0 Å². The molecular formula is C30H42N2O. The zero-order valence-corrected chi connectivity index (χ0v) is 22.0. The number of nitrogens with zero attached hydrogens (tertiary/aromatic N) is 2. The number of rotatable bonds is 6. The second-order valence-corrected chi connectivity index (χ2v) is 10.8. The van der Waals surface area contributed by atoms with Crippen LogP contribution in [0.5, 0.6) is 0 Å². The minimum Gasteiger partial charge on any atom is -0.358 e. The van der Waals surface area contributed by atoms with Crippen molar-refractivity contribution in [3.63, 3.8) is 0 Å². The molecule has 0 spiro atoms. The molecule has 2 aromatic rings. The zero-order valence-electron chi connectivity index (χ0n) is 22.0. The topological polar surface area (TPSA) is 15.7 Å². The molecule has 1 aliphatic carbocycles. The highest BCUT2D eigenvalue weighted by Gasteiger charge is 2.33. The van der Waals surface area contributed by atoms with Gasteiger partial charge in [0.1, 0.15) is 6.73 Å². The van der Waals surface area contributed by atoms with Crippen LogP contribution in [0, 0.1) is 59.0 Å². The minimum absolute atomic E-state index is 0.334. The minimum atomic E-state index is 0.334. The Morgan fingerprint density at radius 1 is 0.879 bits per heavy atom. The van der Waals surface area contributed by atoms with Crippen LogP contribution in [0.25, 0.3) is 0 Å². The number of hydrogen-bond donors (Lipinski definition) is 0. The fraction of sp³-hybridized carbons (Fsp3) is 0.567. The number of anilines is 2. The first-order valence-electron chi connectivity index (χ1n) is 12.8. The highest BCUT2D eigenvalue weighted by molar-refractivity contribution is 5.78. The molecule has 0 N–H and O–H groups in total. The van der Waals surface area contributed by atoms with E-state index in [1.54, 1.807) is 0 Å². The summed E-state index contributed by atoms with van der Waals surface area (Å²) in [6.07, 6.45) is 4.12. The molecule has 1 heterocycles. The molecule has 1 fully saturated rings. The molecule has 3 nitrogen and oxygen atoms in total. The molecule has 3 atom stereocenters. The van der Waals surface area contributed by atoms with Gasteiger partial charge in [-0.2, -0.15) is 0 Å². The summed E-state index contributed by atoms with van der Waals surface area (Å²) in [5, 5.41) is 0. The average Bonchev–Trinajstić information content (AvgIpc) is 3.16. The van der Waals surface area contributed by atoms with E-state index in [9.17, 15) is 0 Å². The molecule has 3 heteroatoms. The van der Waals surface area contributed by atoms with Gasteiger partial charge in [-0.1, -0.05) is 32.9 Å². The molecule has 2 aliphatic rings. The van der Waals surface area contributed by atoms with Gasteiger partial charge in [0, 0.05) is 6.54 Å². The number of ether oxygens (including phenoxy) is 1. The third-order valence-electron chi connectivity index (χ3n) is 8.70. The van der Waals surface area contributed by atoms with Crippen LogP contribution < -0.4 is 9.80 Å². The highest BCUT2D eigenvalue weighted by atomic mass is 16.5. The second kappa shape index (κ2) is 9.70. The van der Waals surface area contributed by atoms with Gasteiger partial charge in [0.15, 0.2) is 0 Å². The van der Waals surface area contributed by atoms with E-state index in [-0.39, 0.29) is 0 Å². The van der Waals surface area contributed by atoms with Crippen molar-refractivity contribution < 1.29 is 4.74 Å². The van der Waals surface area contributed by atoms with Gasteiger partial charge in [0.05, 0.1) is 17.5 Å². The summed E-state index contributed by atoms with van der Waals surface area (Å²) in [6, 6.07) is 8.64. The quantitative estimate of drug-likeness (QED) is 0.457. The van der Waals surface area contributed by atoms with Gasteiger partial charge >= 0.3 is 0 Å². The summed E-state index contributed by atoms with van der Waals surface area (Å²) in [4.78, 5) is 4.46. The van der Waals surface area contributed by atoms with Gasteiger partial charge in [-0.05, 0) is 117 Å². The van der Waals surface area contributed by atoms with E-state index in [0.717, 1.165) is 18.4 Å². The molecule has 0 amide bonds. The first-order chi connectivity index (χ1) is 15.7. The predicted molar refractivity (Wildman–Crippen MR) is 140 cm³/mol. The van der Waals surface area contributed by atoms with Crippen LogP contribution in [-0.2, 0) is 11.3 Å². The Morgan fingerprint density at radius 2 is 1.45 bits per heavy atom. The third kappa shape index (κ3) is 4.67. The number of hydrogen-bond acceptors (Lipinski definition) is 3. The Kier molecular flexibility index (Phi) is 7.09. The molecule has 0 saturated heterocycles.